The molecule has 128 valence electrons. The molecular formula is C18H13FN6O. The van der Waals surface area contributed by atoms with Crippen LogP contribution in [0, 0.1) is 5.82 Å². The van der Waals surface area contributed by atoms with E-state index in [1.165, 1.54) is 16.8 Å². The number of carbonyl (C=O) groups excluding carboxylic acids is 1. The lowest BCUT2D eigenvalue weighted by molar-refractivity contribution is 0.102. The van der Waals surface area contributed by atoms with Crippen LogP contribution in [0.25, 0.3) is 11.5 Å². The van der Waals surface area contributed by atoms with Crippen LogP contribution in [0.1, 0.15) is 10.5 Å². The molecule has 0 aliphatic rings. The zero-order chi connectivity index (χ0) is 17.9. The molecule has 1 aromatic carbocycles. The second-order valence-corrected chi connectivity index (χ2v) is 5.45. The van der Waals surface area contributed by atoms with Crippen molar-refractivity contribution in [1.82, 2.24) is 24.3 Å². The van der Waals surface area contributed by atoms with Gasteiger partial charge >= 0.3 is 0 Å². The van der Waals surface area contributed by atoms with Crippen LogP contribution in [-0.2, 0) is 0 Å². The van der Waals surface area contributed by atoms with Crippen LogP contribution in [-0.4, -0.2) is 30.2 Å². The maximum atomic E-state index is 13.3. The molecule has 0 radical (unpaired) electrons. The van der Waals surface area contributed by atoms with E-state index < -0.39 is 0 Å². The van der Waals surface area contributed by atoms with Gasteiger partial charge in [-0.1, -0.05) is 6.07 Å². The normalized spacial score (nSPS) is 10.7. The van der Waals surface area contributed by atoms with Crippen LogP contribution in [0.5, 0.6) is 0 Å². The van der Waals surface area contributed by atoms with Crippen molar-refractivity contribution in [3.8, 4) is 11.5 Å². The Morgan fingerprint density at radius 3 is 2.77 bits per heavy atom. The van der Waals surface area contributed by atoms with Crippen LogP contribution in [0.4, 0.5) is 10.1 Å². The third kappa shape index (κ3) is 3.20. The highest BCUT2D eigenvalue weighted by molar-refractivity contribution is 6.02. The van der Waals surface area contributed by atoms with Gasteiger partial charge in [-0.25, -0.2) is 19.0 Å². The maximum absolute atomic E-state index is 13.3. The van der Waals surface area contributed by atoms with Crippen molar-refractivity contribution in [2.75, 3.05) is 5.32 Å². The summed E-state index contributed by atoms with van der Waals surface area (Å²) in [7, 11) is 0. The Hall–Kier alpha value is -3.81. The van der Waals surface area contributed by atoms with Gasteiger partial charge in [-0.05, 0) is 36.4 Å². The molecule has 0 spiro atoms. The monoisotopic (exact) mass is 348 g/mol. The third-order valence-electron chi connectivity index (χ3n) is 3.67. The quantitative estimate of drug-likeness (QED) is 0.615. The van der Waals surface area contributed by atoms with Crippen molar-refractivity contribution < 1.29 is 9.18 Å². The smallest absolute Gasteiger partial charge is 0.276 e. The van der Waals surface area contributed by atoms with Crippen molar-refractivity contribution >= 4 is 11.6 Å². The molecule has 3 aromatic heterocycles. The van der Waals surface area contributed by atoms with E-state index in [1.54, 1.807) is 66.0 Å². The molecule has 8 heteroatoms. The fraction of sp³-hybridized carbons (Fsp3) is 0. The van der Waals surface area contributed by atoms with Crippen LogP contribution >= 0.6 is 0 Å². The summed E-state index contributed by atoms with van der Waals surface area (Å²) in [6, 6.07) is 11.0. The number of imidazole rings is 1. The van der Waals surface area contributed by atoms with Crippen LogP contribution in [0.3, 0.4) is 0 Å². The van der Waals surface area contributed by atoms with E-state index in [-0.39, 0.29) is 17.4 Å². The van der Waals surface area contributed by atoms with Gasteiger partial charge in [-0.2, -0.15) is 5.10 Å². The number of pyridine rings is 1. The Morgan fingerprint density at radius 2 is 2.04 bits per heavy atom. The van der Waals surface area contributed by atoms with Gasteiger partial charge in [0.25, 0.3) is 5.91 Å². The lowest BCUT2D eigenvalue weighted by atomic mass is 10.3. The Bertz CT molecular complexity index is 1040. The van der Waals surface area contributed by atoms with Gasteiger partial charge in [0.2, 0.25) is 0 Å². The lowest BCUT2D eigenvalue weighted by Gasteiger charge is -2.05. The summed E-state index contributed by atoms with van der Waals surface area (Å²) in [4.78, 5) is 20.6. The van der Waals surface area contributed by atoms with Crippen LogP contribution in [0.2, 0.25) is 0 Å². The average molecular weight is 348 g/mol. The van der Waals surface area contributed by atoms with Gasteiger partial charge in [-0.15, -0.1) is 0 Å². The average Bonchev–Trinajstić information content (AvgIpc) is 3.35. The van der Waals surface area contributed by atoms with Gasteiger partial charge in [0.05, 0.1) is 17.6 Å². The summed E-state index contributed by atoms with van der Waals surface area (Å²) in [5, 5.41) is 6.91. The number of carbonyl (C=O) groups is 1. The summed E-state index contributed by atoms with van der Waals surface area (Å²) in [6.45, 7) is 0. The minimum atomic E-state index is -0.377. The predicted molar refractivity (Wildman–Crippen MR) is 92.8 cm³/mol. The molecular weight excluding hydrogens is 335 g/mol. The number of nitrogens with zero attached hydrogens (tertiary/aromatic N) is 5. The maximum Gasteiger partial charge on any atom is 0.276 e. The lowest BCUT2D eigenvalue weighted by Crippen LogP contribution is -2.13. The number of aromatic nitrogens is 5. The Morgan fingerprint density at radius 1 is 1.12 bits per heavy atom. The number of amides is 1. The van der Waals surface area contributed by atoms with Crippen LogP contribution in [0.15, 0.2) is 73.6 Å². The zero-order valence-corrected chi connectivity index (χ0v) is 13.5. The second-order valence-electron chi connectivity index (χ2n) is 5.45. The summed E-state index contributed by atoms with van der Waals surface area (Å²) in [5.41, 5.74) is 1.29. The molecule has 3 heterocycles. The van der Waals surface area contributed by atoms with Crippen molar-refractivity contribution in [2.45, 2.75) is 0 Å². The minimum Gasteiger partial charge on any atom is -0.319 e. The molecule has 1 N–H and O–H groups in total. The van der Waals surface area contributed by atoms with Crippen molar-refractivity contribution in [2.24, 2.45) is 0 Å². The molecule has 0 atom stereocenters. The first-order chi connectivity index (χ1) is 12.7. The first-order valence-corrected chi connectivity index (χ1v) is 7.76. The second kappa shape index (κ2) is 6.60. The Labute approximate surface area is 147 Å². The number of anilines is 1. The summed E-state index contributed by atoms with van der Waals surface area (Å²) < 4.78 is 16.5. The van der Waals surface area contributed by atoms with E-state index in [1.807, 2.05) is 0 Å². The molecule has 26 heavy (non-hydrogen) atoms. The van der Waals surface area contributed by atoms with Crippen molar-refractivity contribution in [1.29, 1.82) is 0 Å². The number of hydrogen-bond donors (Lipinski definition) is 1. The predicted octanol–water partition coefficient (Wildman–Crippen LogP) is 2.84. The fourth-order valence-corrected chi connectivity index (χ4v) is 2.41. The summed E-state index contributed by atoms with van der Waals surface area (Å²) in [5.74, 6) is -0.0544. The number of halogens is 1. The van der Waals surface area contributed by atoms with Gasteiger partial charge < -0.3 is 5.32 Å². The van der Waals surface area contributed by atoms with E-state index in [9.17, 15) is 9.18 Å². The molecule has 7 nitrogen and oxygen atoms in total. The van der Waals surface area contributed by atoms with E-state index in [0.717, 1.165) is 0 Å². The third-order valence-corrected chi connectivity index (χ3v) is 3.67. The van der Waals surface area contributed by atoms with E-state index in [2.05, 4.69) is 20.4 Å². The minimum absolute atomic E-state index is 0.216. The van der Waals surface area contributed by atoms with Crippen LogP contribution < -0.4 is 5.32 Å². The largest absolute Gasteiger partial charge is 0.319 e. The molecule has 4 aromatic rings. The zero-order valence-electron chi connectivity index (χ0n) is 13.5. The summed E-state index contributed by atoms with van der Waals surface area (Å²) >= 11 is 0. The molecule has 0 unspecified atom stereocenters. The SMILES string of the molecule is O=C(Nc1ccc(-n2ccnc2)nc1)c1ccn(-c2cccc(F)c2)n1. The Kier molecular flexibility index (Phi) is 3.98. The first kappa shape index (κ1) is 15.7. The molecule has 0 aliphatic carbocycles. The van der Waals surface area contributed by atoms with Gasteiger partial charge in [0, 0.05) is 18.6 Å². The summed E-state index contributed by atoms with van der Waals surface area (Å²) in [6.07, 6.45) is 8.23. The molecule has 0 bridgehead atoms. The van der Waals surface area contributed by atoms with Crippen molar-refractivity contribution in [3.05, 3.63) is 85.1 Å². The van der Waals surface area contributed by atoms with Gasteiger partial charge in [0.15, 0.2) is 5.69 Å². The Balaban J connectivity index is 1.48. The van der Waals surface area contributed by atoms with Gasteiger partial charge in [0.1, 0.15) is 18.0 Å². The number of benzene rings is 1. The fourth-order valence-electron chi connectivity index (χ4n) is 2.41. The topological polar surface area (TPSA) is 77.6 Å². The van der Waals surface area contributed by atoms with Crippen molar-refractivity contribution in [3.63, 3.8) is 0 Å². The van der Waals surface area contributed by atoms with E-state index >= 15 is 0 Å². The standard InChI is InChI=1S/C18H13FN6O/c19-13-2-1-3-15(10-13)25-8-6-16(23-25)18(26)22-14-4-5-17(21-11-14)24-9-7-20-12-24/h1-12H,(H,22,26). The molecule has 0 fully saturated rings. The van der Waals surface area contributed by atoms with E-state index in [4.69, 9.17) is 0 Å². The first-order valence-electron chi connectivity index (χ1n) is 7.76. The number of rotatable bonds is 4. The molecule has 0 saturated carbocycles. The molecule has 0 saturated heterocycles. The van der Waals surface area contributed by atoms with E-state index in [0.29, 0.717) is 17.2 Å². The highest BCUT2D eigenvalue weighted by atomic mass is 19.1. The molecule has 1 amide bonds. The molecule has 0 aliphatic heterocycles. The number of hydrogen-bond acceptors (Lipinski definition) is 4. The molecule has 4 rings (SSSR count). The number of nitrogens with one attached hydrogen (secondary N) is 1. The van der Waals surface area contributed by atoms with Gasteiger partial charge in [-0.3, -0.25) is 9.36 Å². The highest BCUT2D eigenvalue weighted by Gasteiger charge is 2.11. The highest BCUT2D eigenvalue weighted by Crippen LogP contribution is 2.13.